The number of esters is 3. The third-order valence-electron chi connectivity index (χ3n) is 14.9. The Morgan fingerprint density at radius 3 is 1.45 bits per heavy atom. The van der Waals surface area contributed by atoms with Gasteiger partial charge in [-0.05, 0) is 92.4 Å². The highest BCUT2D eigenvalue weighted by Gasteiger charge is 2.32. The Morgan fingerprint density at radius 2 is 1.03 bits per heavy atom. The van der Waals surface area contributed by atoms with Gasteiger partial charge in [0.15, 0.2) is 5.75 Å². The second kappa shape index (κ2) is 42.7. The second-order valence-corrected chi connectivity index (χ2v) is 30.5. The van der Waals surface area contributed by atoms with E-state index in [0.29, 0.717) is 54.3 Å². The molecule has 0 radical (unpaired) electrons. The topological polar surface area (TPSA) is 441 Å². The molecule has 0 atom stereocenters. The summed E-state index contributed by atoms with van der Waals surface area (Å²) < 4.78 is 133. The van der Waals surface area contributed by atoms with Crippen molar-refractivity contribution >= 4 is 122 Å². The molecule has 110 heavy (non-hydrogen) atoms. The van der Waals surface area contributed by atoms with E-state index in [4.69, 9.17) is 22.7 Å². The Labute approximate surface area is 641 Å². The van der Waals surface area contributed by atoms with Crippen molar-refractivity contribution in [2.45, 2.75) is 98.9 Å². The quantitative estimate of drug-likeness (QED) is 0.00426. The average Bonchev–Trinajstić information content (AvgIpc) is 1.42. The van der Waals surface area contributed by atoms with Crippen LogP contribution in [0.2, 0.25) is 0 Å². The van der Waals surface area contributed by atoms with E-state index in [1.54, 1.807) is 72.0 Å². The molecule has 0 fully saturated rings. The largest absolute Gasteiger partial charge is 0.465 e. The number of benzene rings is 6. The number of methoxy groups -OCH3 is 3. The predicted octanol–water partition coefficient (Wildman–Crippen LogP) is 9.77. The number of unbranched alkanes of at least 4 members (excludes halogenated alkanes) is 3. The maximum Gasteiger partial charge on any atom is 0.338 e. The molecule has 0 aliphatic heterocycles. The zero-order valence-corrected chi connectivity index (χ0v) is 66.4. The number of anilines is 4. The molecule has 0 saturated heterocycles. The molecular weight excluding hydrogens is 1510 g/mol. The van der Waals surface area contributed by atoms with E-state index < -0.39 is 89.0 Å². The van der Waals surface area contributed by atoms with Gasteiger partial charge in [0.05, 0.1) is 77.7 Å². The Morgan fingerprint density at radius 1 is 0.591 bits per heavy atom. The van der Waals surface area contributed by atoms with Gasteiger partial charge in [0.2, 0.25) is 10.0 Å². The standard InChI is InChI=1S/C27H35N3O3S.C16H18N4O4S.C15H22N4O6S.C14H16N4O6S/c1-3-5-17-29-25-19-22(21-30(18-6-4-2)23-13-9-7-10-14-23)20-26(34(28,31)32)27(25)33-24-15-11-8-12-16-24;1-6-7-20-11(2)18-13-8-12(16(21)24-5)9-14(15(13)20)25(22,23)17-10-19(3)4;1-5-6-7-16-14-12(19(21)22)8-11(15(20)25-4)9-13(14)26(23,24)17-10-18(2)3;1-5-6-15-13-11(18(20)21)7-10(14(19)24-4)8-12(13)25(22,23)16-9-17(2)3/h7-16,19-20,29H,3-6,17-18,21H2,1-2H3,(H2,28,31,32);1,8-10H,7H2,2-5H3;8-10,16H,5-7H2,1-4H3;1,7-9,15H,6H2,2-4H3. The number of carbonyl (C=O) groups is 3. The minimum atomic E-state index is -4.35. The van der Waals surface area contributed by atoms with Gasteiger partial charge in [-0.2, -0.15) is 25.3 Å². The fourth-order valence-electron chi connectivity index (χ4n) is 9.67. The Bertz CT molecular complexity index is 5050. The van der Waals surface area contributed by atoms with Crippen LogP contribution in [0.4, 0.5) is 34.1 Å². The van der Waals surface area contributed by atoms with Gasteiger partial charge in [-0.3, -0.25) is 20.2 Å². The molecule has 1 aromatic heterocycles. The fraction of sp³-hybridized carbons (Fsp3) is 0.347. The number of rotatable bonds is 34. The van der Waals surface area contributed by atoms with Crippen LogP contribution in [0.3, 0.4) is 0 Å². The summed E-state index contributed by atoms with van der Waals surface area (Å²) in [5, 5.41) is 37.1. The first-order valence-corrected chi connectivity index (χ1v) is 39.4. The summed E-state index contributed by atoms with van der Waals surface area (Å²) in [6.45, 7) is 10.3. The number of nitrogens with zero attached hydrogens (tertiary/aromatic N) is 11. The predicted molar refractivity (Wildman–Crippen MR) is 422 cm³/mol. The summed E-state index contributed by atoms with van der Waals surface area (Å²) in [4.78, 5) is 66.2. The summed E-state index contributed by atoms with van der Waals surface area (Å²) in [5.74, 6) is 3.49. The van der Waals surface area contributed by atoms with Gasteiger partial charge in [-0.1, -0.05) is 88.3 Å². The lowest BCUT2D eigenvalue weighted by Gasteiger charge is -2.26. The summed E-state index contributed by atoms with van der Waals surface area (Å²) in [6.07, 6.45) is 19.3. The lowest BCUT2D eigenvalue weighted by atomic mass is 10.1. The van der Waals surface area contributed by atoms with Crippen molar-refractivity contribution in [3.8, 4) is 36.2 Å². The van der Waals surface area contributed by atoms with Crippen LogP contribution in [0.15, 0.2) is 142 Å². The number of imidazole rings is 1. The first-order valence-electron chi connectivity index (χ1n) is 33.5. The number of fused-ring (bicyclic) bond motifs is 1. The number of nitrogens with two attached hydrogens (primary N) is 1. The normalized spacial score (nSPS) is 11.3. The number of nitro groups is 2. The summed E-state index contributed by atoms with van der Waals surface area (Å²) >= 11 is 0. The molecule has 0 aliphatic rings. The zero-order chi connectivity index (χ0) is 82.3. The fourth-order valence-corrected chi connectivity index (χ4v) is 13.8. The van der Waals surface area contributed by atoms with E-state index in [1.807, 2.05) is 49.4 Å². The van der Waals surface area contributed by atoms with Crippen LogP contribution in [-0.2, 0) is 67.4 Å². The SMILES string of the molecule is C#CCNc1c([N+](=O)[O-])cc(C(=O)OC)cc1S(=O)(=O)N=CN(C)C.C#CCn1c(C)nc2cc(C(=O)OC)cc(S(=O)(=O)N=CN(C)C)c21.CCCCNc1c([N+](=O)[O-])cc(C(=O)OC)cc1S(=O)(=O)N=CN(C)C.CCCCNc1cc(CN(CCCC)c2ccccc2)cc(S(N)(=O)=O)c1Oc1ccccc1. The molecule has 1 heterocycles. The number of aryl methyl sites for hydroxylation is 1. The maximum absolute atomic E-state index is 12.7. The van der Waals surface area contributed by atoms with Gasteiger partial charge in [-0.15, -0.1) is 26.0 Å². The number of aromatic nitrogens is 2. The lowest BCUT2D eigenvalue weighted by molar-refractivity contribution is -0.384. The first kappa shape index (κ1) is 90.7. The van der Waals surface area contributed by atoms with Crippen molar-refractivity contribution < 1.29 is 76.8 Å². The number of terminal acetylenes is 2. The van der Waals surface area contributed by atoms with E-state index in [1.165, 1.54) is 40.3 Å². The van der Waals surface area contributed by atoms with Gasteiger partial charge in [0.25, 0.3) is 41.4 Å². The van der Waals surface area contributed by atoms with Crippen molar-refractivity contribution in [3.05, 3.63) is 158 Å². The van der Waals surface area contributed by atoms with E-state index in [-0.39, 0.29) is 56.7 Å². The van der Waals surface area contributed by atoms with E-state index in [9.17, 15) is 68.3 Å². The van der Waals surface area contributed by atoms with E-state index in [0.717, 1.165) is 101 Å². The number of hydrogen-bond donors (Lipinski definition) is 4. The number of ether oxygens (including phenoxy) is 4. The molecule has 7 aromatic rings. The van der Waals surface area contributed by atoms with Crippen molar-refractivity contribution in [1.82, 2.24) is 24.3 Å². The Balaban J connectivity index is 0.000000313. The molecule has 5 N–H and O–H groups in total. The number of para-hydroxylation sites is 2. The Hall–Kier alpha value is -11.7. The molecule has 0 saturated carbocycles. The van der Waals surface area contributed by atoms with Gasteiger partial charge >= 0.3 is 17.9 Å². The maximum atomic E-state index is 12.7. The number of carbonyl (C=O) groups excluding carboxylic acids is 3. The summed E-state index contributed by atoms with van der Waals surface area (Å²) in [5.41, 5.74) is 0.979. The van der Waals surface area contributed by atoms with E-state index in [2.05, 4.69) is 91.1 Å². The first-order chi connectivity index (χ1) is 51.9. The third kappa shape index (κ3) is 26.6. The molecule has 0 unspecified atom stereocenters. The van der Waals surface area contributed by atoms with Crippen LogP contribution >= 0.6 is 0 Å². The van der Waals surface area contributed by atoms with Crippen molar-refractivity contribution in [2.24, 2.45) is 18.3 Å². The molecule has 0 spiro atoms. The molecule has 0 bridgehead atoms. The van der Waals surface area contributed by atoms with Gasteiger partial charge in [0, 0.05) is 86.3 Å². The highest BCUT2D eigenvalue weighted by molar-refractivity contribution is 7.91. The van der Waals surface area contributed by atoms with Gasteiger partial charge in [0.1, 0.15) is 61.5 Å². The van der Waals surface area contributed by atoms with Crippen molar-refractivity contribution in [1.29, 1.82) is 0 Å². The molecule has 34 nitrogen and oxygen atoms in total. The Kier molecular flexibility index (Phi) is 35.2. The monoisotopic (exact) mass is 1600 g/mol. The number of primary sulfonamides is 1. The minimum Gasteiger partial charge on any atom is -0.465 e. The van der Waals surface area contributed by atoms with Gasteiger partial charge < -0.3 is 59.1 Å². The number of nitrogens with one attached hydrogen (secondary N) is 3. The average molecular weight is 1600 g/mol. The summed E-state index contributed by atoms with van der Waals surface area (Å²) in [7, 11) is -3.84. The van der Waals surface area contributed by atoms with Crippen LogP contribution in [0, 0.1) is 51.8 Å². The molecule has 7 rings (SSSR count). The molecule has 0 amide bonds. The van der Waals surface area contributed by atoms with Crippen LogP contribution in [0.5, 0.6) is 11.5 Å². The van der Waals surface area contributed by atoms with Crippen LogP contribution in [0.25, 0.3) is 11.0 Å². The minimum absolute atomic E-state index is 0.0173. The summed E-state index contributed by atoms with van der Waals surface area (Å²) in [6, 6.07) is 29.5. The second-order valence-electron chi connectivity index (χ2n) is 24.2. The van der Waals surface area contributed by atoms with Crippen LogP contribution in [-0.4, -0.2) is 194 Å². The van der Waals surface area contributed by atoms with Crippen LogP contribution in [0.1, 0.15) is 102 Å². The van der Waals surface area contributed by atoms with Crippen molar-refractivity contribution in [2.75, 3.05) is 111 Å². The molecule has 0 aliphatic carbocycles. The lowest BCUT2D eigenvalue weighted by Crippen LogP contribution is -2.24. The molecular formula is C72H91N15O19S4. The van der Waals surface area contributed by atoms with Crippen LogP contribution < -0.4 is 30.7 Å². The number of nitro benzene ring substituents is 2. The zero-order valence-electron chi connectivity index (χ0n) is 63.2. The third-order valence-corrected chi connectivity index (χ3v) is 19.5. The number of sulfonamides is 4. The van der Waals surface area contributed by atoms with E-state index >= 15 is 0 Å². The van der Waals surface area contributed by atoms with Crippen molar-refractivity contribution in [3.63, 3.8) is 0 Å². The highest BCUT2D eigenvalue weighted by Crippen LogP contribution is 2.40. The molecule has 38 heteroatoms. The highest BCUT2D eigenvalue weighted by atomic mass is 32.2. The molecule has 592 valence electrons. The smallest absolute Gasteiger partial charge is 0.338 e. The van der Waals surface area contributed by atoms with Gasteiger partial charge in [-0.25, -0.2) is 32.9 Å². The number of hydrogen-bond acceptors (Lipinski definition) is 24. The molecule has 6 aromatic carbocycles.